The van der Waals surface area contributed by atoms with Crippen molar-refractivity contribution in [3.05, 3.63) is 70.6 Å². The molecule has 3 aromatic rings. The van der Waals surface area contributed by atoms with E-state index >= 15 is 0 Å². The third-order valence-electron chi connectivity index (χ3n) is 4.95. The predicted molar refractivity (Wildman–Crippen MR) is 128 cm³/mol. The van der Waals surface area contributed by atoms with Crippen molar-refractivity contribution in [2.24, 2.45) is 0 Å². The normalized spacial score (nSPS) is 13.4. The lowest BCUT2D eigenvalue weighted by atomic mass is 10.1. The number of rotatable bonds is 7. The maximum absolute atomic E-state index is 13.5. The molecular formula is C24H21N3O5S. The molecule has 0 aliphatic carbocycles. The lowest BCUT2D eigenvalue weighted by molar-refractivity contribution is -0.120. The number of anilines is 3. The highest BCUT2D eigenvalue weighted by Gasteiger charge is 2.42. The summed E-state index contributed by atoms with van der Waals surface area (Å²) in [5.41, 5.74) is 1.98. The van der Waals surface area contributed by atoms with Crippen molar-refractivity contribution in [2.75, 3.05) is 29.8 Å². The van der Waals surface area contributed by atoms with Crippen LogP contribution in [0.25, 0.3) is 5.57 Å². The average Bonchev–Trinajstić information content (AvgIpc) is 3.41. The summed E-state index contributed by atoms with van der Waals surface area (Å²) in [7, 11) is 2.99. The second kappa shape index (κ2) is 9.17. The van der Waals surface area contributed by atoms with E-state index in [1.165, 1.54) is 32.5 Å². The molecule has 3 amide bonds. The van der Waals surface area contributed by atoms with Crippen molar-refractivity contribution in [3.8, 4) is 11.5 Å². The highest BCUT2D eigenvalue weighted by Crippen LogP contribution is 2.40. The van der Waals surface area contributed by atoms with E-state index in [2.05, 4.69) is 10.6 Å². The van der Waals surface area contributed by atoms with Gasteiger partial charge >= 0.3 is 0 Å². The minimum atomic E-state index is -0.502. The molecule has 0 saturated carbocycles. The van der Waals surface area contributed by atoms with E-state index in [1.807, 2.05) is 11.4 Å². The smallest absolute Gasteiger partial charge is 0.282 e. The van der Waals surface area contributed by atoms with Crippen molar-refractivity contribution in [2.45, 2.75) is 6.92 Å². The third-order valence-corrected chi connectivity index (χ3v) is 5.84. The zero-order valence-corrected chi connectivity index (χ0v) is 19.0. The van der Waals surface area contributed by atoms with Crippen molar-refractivity contribution >= 4 is 51.7 Å². The summed E-state index contributed by atoms with van der Waals surface area (Å²) in [5, 5.41) is 7.63. The first-order valence-corrected chi connectivity index (χ1v) is 10.8. The Morgan fingerprint density at radius 2 is 1.67 bits per heavy atom. The van der Waals surface area contributed by atoms with Gasteiger partial charge in [0.1, 0.15) is 17.2 Å². The number of thiophene rings is 1. The van der Waals surface area contributed by atoms with Gasteiger partial charge in [-0.3, -0.25) is 14.4 Å². The lowest BCUT2D eigenvalue weighted by Gasteiger charge is -2.19. The Balaban J connectivity index is 1.73. The maximum atomic E-state index is 13.5. The van der Waals surface area contributed by atoms with Crippen LogP contribution in [0.4, 0.5) is 17.1 Å². The van der Waals surface area contributed by atoms with Crippen LogP contribution in [0.1, 0.15) is 11.8 Å². The van der Waals surface area contributed by atoms with Crippen LogP contribution < -0.4 is 25.0 Å². The highest BCUT2D eigenvalue weighted by atomic mass is 32.1. The number of imide groups is 1. The van der Waals surface area contributed by atoms with Crippen LogP contribution in [-0.4, -0.2) is 31.9 Å². The summed E-state index contributed by atoms with van der Waals surface area (Å²) in [6.45, 7) is 1.43. The SMILES string of the molecule is COc1ccc(N2C(=O)C(Nc3ccc(NC(C)=O)cc3)=C(c3cccs3)C2=O)c(OC)c1. The minimum Gasteiger partial charge on any atom is -0.497 e. The topological polar surface area (TPSA) is 97.0 Å². The number of ether oxygens (including phenoxy) is 2. The van der Waals surface area contributed by atoms with E-state index in [-0.39, 0.29) is 17.2 Å². The number of benzene rings is 2. The molecule has 0 fully saturated rings. The molecule has 0 radical (unpaired) electrons. The number of hydrogen-bond acceptors (Lipinski definition) is 7. The van der Waals surface area contributed by atoms with E-state index in [9.17, 15) is 14.4 Å². The van der Waals surface area contributed by atoms with Gasteiger partial charge in [-0.15, -0.1) is 11.3 Å². The second-order valence-corrected chi connectivity index (χ2v) is 8.04. The van der Waals surface area contributed by atoms with E-state index in [0.29, 0.717) is 33.4 Å². The van der Waals surface area contributed by atoms with Crippen molar-refractivity contribution < 1.29 is 23.9 Å². The molecule has 2 N–H and O–H groups in total. The van der Waals surface area contributed by atoms with Gasteiger partial charge in [0, 0.05) is 29.2 Å². The van der Waals surface area contributed by atoms with Crippen LogP contribution in [0, 0.1) is 0 Å². The van der Waals surface area contributed by atoms with Gasteiger partial charge < -0.3 is 20.1 Å². The van der Waals surface area contributed by atoms with Crippen molar-refractivity contribution in [1.29, 1.82) is 0 Å². The number of methoxy groups -OCH3 is 2. The maximum Gasteiger partial charge on any atom is 0.282 e. The quantitative estimate of drug-likeness (QED) is 0.512. The molecule has 4 rings (SSSR count). The Labute approximate surface area is 194 Å². The molecule has 0 saturated heterocycles. The number of hydrogen-bond donors (Lipinski definition) is 2. The van der Waals surface area contributed by atoms with Gasteiger partial charge in [0.15, 0.2) is 0 Å². The van der Waals surface area contributed by atoms with E-state index in [1.54, 1.807) is 48.5 Å². The van der Waals surface area contributed by atoms with Gasteiger partial charge in [-0.2, -0.15) is 0 Å². The minimum absolute atomic E-state index is 0.160. The standard InChI is InChI=1S/C24H21N3O5S/c1-14(28)25-15-6-8-16(9-7-15)26-22-21(20-5-4-12-33-20)23(29)27(24(22)30)18-11-10-17(31-2)13-19(18)32-3/h4-13,26H,1-3H3,(H,25,28). The fraction of sp³-hybridized carbons (Fsp3) is 0.125. The van der Waals surface area contributed by atoms with Gasteiger partial charge in [-0.25, -0.2) is 4.90 Å². The van der Waals surface area contributed by atoms with E-state index in [0.717, 1.165) is 4.90 Å². The second-order valence-electron chi connectivity index (χ2n) is 7.09. The lowest BCUT2D eigenvalue weighted by Crippen LogP contribution is -2.32. The molecule has 1 aliphatic rings. The Morgan fingerprint density at radius 3 is 2.27 bits per heavy atom. The van der Waals surface area contributed by atoms with Crippen LogP contribution in [-0.2, 0) is 14.4 Å². The summed E-state index contributed by atoms with van der Waals surface area (Å²) in [6, 6.07) is 15.4. The Bertz CT molecular complexity index is 1250. The molecule has 168 valence electrons. The van der Waals surface area contributed by atoms with Crippen LogP contribution in [0.2, 0.25) is 0 Å². The van der Waals surface area contributed by atoms with Gasteiger partial charge in [-0.1, -0.05) is 6.07 Å². The number of nitrogens with zero attached hydrogens (tertiary/aromatic N) is 1. The molecular weight excluding hydrogens is 442 g/mol. The van der Waals surface area contributed by atoms with Gasteiger partial charge in [0.2, 0.25) is 5.91 Å². The molecule has 0 atom stereocenters. The average molecular weight is 464 g/mol. The summed E-state index contributed by atoms with van der Waals surface area (Å²) in [5.74, 6) is -0.263. The monoisotopic (exact) mass is 463 g/mol. The number of amides is 3. The number of carbonyl (C=O) groups is 3. The molecule has 2 heterocycles. The summed E-state index contributed by atoms with van der Waals surface area (Å²) < 4.78 is 10.7. The first kappa shape index (κ1) is 22.1. The number of carbonyl (C=O) groups excluding carboxylic acids is 3. The van der Waals surface area contributed by atoms with Gasteiger partial charge in [0.25, 0.3) is 11.8 Å². The fourth-order valence-electron chi connectivity index (χ4n) is 3.47. The van der Waals surface area contributed by atoms with E-state index < -0.39 is 11.8 Å². The van der Waals surface area contributed by atoms with Crippen LogP contribution in [0.15, 0.2) is 65.7 Å². The molecule has 2 aromatic carbocycles. The summed E-state index contributed by atoms with van der Waals surface area (Å²) in [4.78, 5) is 40.0. The van der Waals surface area contributed by atoms with E-state index in [4.69, 9.17) is 9.47 Å². The zero-order chi connectivity index (χ0) is 23.5. The van der Waals surface area contributed by atoms with Crippen molar-refractivity contribution in [3.63, 3.8) is 0 Å². The predicted octanol–water partition coefficient (Wildman–Crippen LogP) is 4.12. The Hall–Kier alpha value is -4.11. The van der Waals surface area contributed by atoms with Gasteiger partial charge in [0.05, 0.1) is 25.5 Å². The molecule has 1 aliphatic heterocycles. The molecule has 33 heavy (non-hydrogen) atoms. The fourth-order valence-corrected chi connectivity index (χ4v) is 4.24. The van der Waals surface area contributed by atoms with Crippen LogP contribution in [0.5, 0.6) is 11.5 Å². The molecule has 8 nitrogen and oxygen atoms in total. The number of nitrogens with one attached hydrogen (secondary N) is 2. The third kappa shape index (κ3) is 4.31. The molecule has 1 aromatic heterocycles. The first-order valence-electron chi connectivity index (χ1n) is 9.96. The van der Waals surface area contributed by atoms with Crippen LogP contribution >= 0.6 is 11.3 Å². The largest absolute Gasteiger partial charge is 0.497 e. The summed E-state index contributed by atoms with van der Waals surface area (Å²) >= 11 is 1.37. The van der Waals surface area contributed by atoms with Crippen molar-refractivity contribution in [1.82, 2.24) is 0 Å². The molecule has 0 spiro atoms. The van der Waals surface area contributed by atoms with Gasteiger partial charge in [-0.05, 0) is 47.8 Å². The molecule has 0 bridgehead atoms. The molecule has 9 heteroatoms. The Kier molecular flexibility index (Phi) is 6.14. The zero-order valence-electron chi connectivity index (χ0n) is 18.2. The highest BCUT2D eigenvalue weighted by molar-refractivity contribution is 7.11. The molecule has 0 unspecified atom stereocenters. The first-order chi connectivity index (χ1) is 15.9. The summed E-state index contributed by atoms with van der Waals surface area (Å²) in [6.07, 6.45) is 0. The van der Waals surface area contributed by atoms with Crippen LogP contribution in [0.3, 0.4) is 0 Å². The Morgan fingerprint density at radius 1 is 0.939 bits per heavy atom.